The third-order valence-corrected chi connectivity index (χ3v) is 6.24. The van der Waals surface area contributed by atoms with Crippen LogP contribution >= 0.6 is 12.6 Å². The second-order valence-corrected chi connectivity index (χ2v) is 9.26. The molecule has 188 valence electrons. The predicted molar refractivity (Wildman–Crippen MR) is 146 cm³/mol. The molecule has 1 aliphatic rings. The first-order valence-corrected chi connectivity index (χ1v) is 12.4. The molecule has 4 N–H and O–H groups in total. The van der Waals surface area contributed by atoms with E-state index in [1.54, 1.807) is 7.11 Å². The van der Waals surface area contributed by atoms with Crippen LogP contribution in [0, 0.1) is 12.8 Å². The highest BCUT2D eigenvalue weighted by Gasteiger charge is 2.22. The van der Waals surface area contributed by atoms with Gasteiger partial charge in [0, 0.05) is 27.8 Å². The summed E-state index contributed by atoms with van der Waals surface area (Å²) in [5, 5.41) is 8.13. The average Bonchev–Trinajstić information content (AvgIpc) is 3.59. The van der Waals surface area contributed by atoms with Crippen LogP contribution in [0.3, 0.4) is 0 Å². The van der Waals surface area contributed by atoms with E-state index in [4.69, 9.17) is 25.4 Å². The number of aryl methyl sites for hydroxylation is 1. The molecule has 8 heteroatoms. The van der Waals surface area contributed by atoms with Gasteiger partial charge in [-0.05, 0) is 80.1 Å². The van der Waals surface area contributed by atoms with Gasteiger partial charge in [-0.3, -0.25) is 0 Å². The van der Waals surface area contributed by atoms with E-state index < -0.39 is 0 Å². The zero-order valence-electron chi connectivity index (χ0n) is 20.6. The van der Waals surface area contributed by atoms with Gasteiger partial charge in [-0.25, -0.2) is 0 Å². The third-order valence-electron chi connectivity index (χ3n) is 5.89. The molecule has 0 amide bonds. The molecule has 7 nitrogen and oxygen atoms in total. The molecular formula is C28H32N4O3S. The molecule has 36 heavy (non-hydrogen) atoms. The molecule has 0 unspecified atom stereocenters. The molecule has 1 saturated carbocycles. The van der Waals surface area contributed by atoms with Crippen molar-refractivity contribution in [3.63, 3.8) is 0 Å². The summed E-state index contributed by atoms with van der Waals surface area (Å²) < 4.78 is 16.6. The van der Waals surface area contributed by atoms with E-state index in [0.717, 1.165) is 57.5 Å². The first-order chi connectivity index (χ1) is 17.5. The Bertz CT molecular complexity index is 1290. The minimum atomic E-state index is 0.460. The highest BCUT2D eigenvalue weighted by Crippen LogP contribution is 2.32. The van der Waals surface area contributed by atoms with Gasteiger partial charge >= 0.3 is 0 Å². The Balaban J connectivity index is 0.000000174. The van der Waals surface area contributed by atoms with E-state index in [-0.39, 0.29) is 0 Å². The van der Waals surface area contributed by atoms with Gasteiger partial charge < -0.3 is 25.4 Å². The third kappa shape index (κ3) is 6.59. The molecule has 1 heterocycles. The Kier molecular flexibility index (Phi) is 8.51. The Morgan fingerprint density at radius 3 is 2.33 bits per heavy atom. The van der Waals surface area contributed by atoms with Crippen molar-refractivity contribution in [1.29, 1.82) is 0 Å². The van der Waals surface area contributed by atoms with Crippen LogP contribution in [0.2, 0.25) is 0 Å². The van der Waals surface area contributed by atoms with Crippen molar-refractivity contribution < 1.29 is 13.9 Å². The fraction of sp³-hybridized carbons (Fsp3) is 0.286. The average molecular weight is 505 g/mol. The Labute approximate surface area is 217 Å². The molecule has 3 aromatic carbocycles. The van der Waals surface area contributed by atoms with E-state index in [0.29, 0.717) is 24.1 Å². The molecule has 5 rings (SSSR count). The molecule has 0 spiro atoms. The summed E-state index contributed by atoms with van der Waals surface area (Å²) in [4.78, 5) is 0.726. The van der Waals surface area contributed by atoms with Gasteiger partial charge in [-0.2, -0.15) is 0 Å². The van der Waals surface area contributed by atoms with Gasteiger partial charge in [-0.15, -0.1) is 22.8 Å². The lowest BCUT2D eigenvalue weighted by Gasteiger charge is -2.12. The smallest absolute Gasteiger partial charge is 0.248 e. The maximum atomic E-state index is 5.96. The number of thiol groups is 1. The van der Waals surface area contributed by atoms with Crippen LogP contribution in [0.15, 0.2) is 70.0 Å². The zero-order chi connectivity index (χ0) is 25.5. The monoisotopic (exact) mass is 504 g/mol. The predicted octanol–water partition coefficient (Wildman–Crippen LogP) is 5.57. The number of anilines is 1. The van der Waals surface area contributed by atoms with E-state index in [1.165, 1.54) is 12.8 Å². The number of aromatic nitrogens is 2. The van der Waals surface area contributed by atoms with Crippen molar-refractivity contribution in [3.8, 4) is 34.4 Å². The fourth-order valence-electron chi connectivity index (χ4n) is 3.64. The molecule has 0 atom stereocenters. The van der Waals surface area contributed by atoms with Crippen LogP contribution in [0.25, 0.3) is 22.9 Å². The van der Waals surface area contributed by atoms with Crippen molar-refractivity contribution in [2.24, 2.45) is 11.7 Å². The number of nitrogens with two attached hydrogens (primary N) is 2. The first-order valence-electron chi connectivity index (χ1n) is 12.0. The largest absolute Gasteiger partial charge is 0.496 e. The normalized spacial score (nSPS) is 12.6. The molecule has 1 fully saturated rings. The molecular weight excluding hydrogens is 472 g/mol. The summed E-state index contributed by atoms with van der Waals surface area (Å²) in [6.45, 7) is 3.52. The maximum Gasteiger partial charge on any atom is 0.248 e. The quantitative estimate of drug-likeness (QED) is 0.213. The Morgan fingerprint density at radius 1 is 0.972 bits per heavy atom. The number of hydrogen-bond donors (Lipinski definition) is 3. The molecule has 1 aliphatic carbocycles. The van der Waals surface area contributed by atoms with Crippen LogP contribution in [0.1, 0.15) is 24.0 Å². The maximum absolute atomic E-state index is 5.96. The number of hydrogen-bond acceptors (Lipinski definition) is 8. The van der Waals surface area contributed by atoms with Crippen molar-refractivity contribution >= 4 is 18.3 Å². The first kappa shape index (κ1) is 25.6. The van der Waals surface area contributed by atoms with E-state index in [9.17, 15) is 0 Å². The van der Waals surface area contributed by atoms with Gasteiger partial charge in [0.25, 0.3) is 0 Å². The number of nitrogen functional groups attached to an aromatic ring is 1. The van der Waals surface area contributed by atoms with Gasteiger partial charge in [0.1, 0.15) is 11.5 Å². The molecule has 0 bridgehead atoms. The Hall–Kier alpha value is -3.49. The second kappa shape index (κ2) is 12.0. The lowest BCUT2D eigenvalue weighted by molar-refractivity contribution is 0.298. The SMILES string of the molecule is COc1ccc(-c2nnc(-c3ccccc3)o2)cc1S.Cc1cc(CCN)c(N)cc1OCC1CC1. The topological polar surface area (TPSA) is 109 Å². The summed E-state index contributed by atoms with van der Waals surface area (Å²) in [5.74, 6) is 3.35. The van der Waals surface area contributed by atoms with Crippen molar-refractivity contribution in [2.45, 2.75) is 31.1 Å². The highest BCUT2D eigenvalue weighted by molar-refractivity contribution is 7.80. The second-order valence-electron chi connectivity index (χ2n) is 8.77. The highest BCUT2D eigenvalue weighted by atomic mass is 32.1. The minimum absolute atomic E-state index is 0.460. The number of methoxy groups -OCH3 is 1. The standard InChI is InChI=1S/C15H12N2O2S.C13H20N2O/c1-18-12-8-7-11(9-13(12)20)15-17-16-14(19-15)10-5-3-2-4-6-10;1-9-6-11(4-5-14)12(15)7-13(9)16-8-10-2-3-10/h2-9,20H,1H3;6-7,10H,2-5,8,14-15H2,1H3. The van der Waals surface area contributed by atoms with Crippen molar-refractivity contribution in [1.82, 2.24) is 10.2 Å². The van der Waals surface area contributed by atoms with Gasteiger partial charge in [0.05, 0.1) is 13.7 Å². The van der Waals surface area contributed by atoms with Crippen molar-refractivity contribution in [3.05, 3.63) is 71.8 Å². The van der Waals surface area contributed by atoms with Crippen LogP contribution in [0.5, 0.6) is 11.5 Å². The number of benzene rings is 3. The van der Waals surface area contributed by atoms with Crippen LogP contribution in [0.4, 0.5) is 5.69 Å². The number of ether oxygens (including phenoxy) is 2. The summed E-state index contributed by atoms with van der Waals surface area (Å²) in [5.41, 5.74) is 16.3. The van der Waals surface area contributed by atoms with E-state index >= 15 is 0 Å². The van der Waals surface area contributed by atoms with Gasteiger partial charge in [-0.1, -0.05) is 24.3 Å². The Morgan fingerprint density at radius 2 is 1.69 bits per heavy atom. The molecule has 0 aliphatic heterocycles. The number of nitrogens with zero attached hydrogens (tertiary/aromatic N) is 2. The summed E-state index contributed by atoms with van der Waals surface area (Å²) in [6.07, 6.45) is 3.44. The number of rotatable bonds is 8. The van der Waals surface area contributed by atoms with Crippen LogP contribution in [-0.2, 0) is 6.42 Å². The molecule has 1 aromatic heterocycles. The van der Waals surface area contributed by atoms with Crippen LogP contribution < -0.4 is 20.9 Å². The van der Waals surface area contributed by atoms with E-state index in [1.807, 2.05) is 54.6 Å². The molecule has 0 saturated heterocycles. The van der Waals surface area contributed by atoms with Gasteiger partial charge in [0.15, 0.2) is 0 Å². The summed E-state index contributed by atoms with van der Waals surface area (Å²) in [6, 6.07) is 19.2. The zero-order valence-corrected chi connectivity index (χ0v) is 21.5. The fourth-order valence-corrected chi connectivity index (χ4v) is 3.95. The van der Waals surface area contributed by atoms with Gasteiger partial charge in [0.2, 0.25) is 11.8 Å². The molecule has 4 aromatic rings. The molecule has 0 radical (unpaired) electrons. The minimum Gasteiger partial charge on any atom is -0.496 e. The summed E-state index contributed by atoms with van der Waals surface area (Å²) in [7, 11) is 1.61. The van der Waals surface area contributed by atoms with Crippen molar-refractivity contribution in [2.75, 3.05) is 26.0 Å². The lowest BCUT2D eigenvalue weighted by atomic mass is 10.1. The van der Waals surface area contributed by atoms with Crippen LogP contribution in [-0.4, -0.2) is 30.5 Å². The van der Waals surface area contributed by atoms with E-state index in [2.05, 4.69) is 35.8 Å². The lowest BCUT2D eigenvalue weighted by Crippen LogP contribution is -2.07. The summed E-state index contributed by atoms with van der Waals surface area (Å²) >= 11 is 4.36.